The predicted molar refractivity (Wildman–Crippen MR) is 83.6 cm³/mol. The Morgan fingerprint density at radius 1 is 1.25 bits per heavy atom. The number of hydrogen-bond donors (Lipinski definition) is 0. The van der Waals surface area contributed by atoms with Crippen molar-refractivity contribution in [3.8, 4) is 0 Å². The summed E-state index contributed by atoms with van der Waals surface area (Å²) in [7, 11) is -1.75. The van der Waals surface area contributed by atoms with Crippen LogP contribution in [0.4, 0.5) is 0 Å². The maximum atomic E-state index is 12.5. The molecule has 4 nitrogen and oxygen atoms in total. The normalized spacial score (nSPS) is 12.2. The van der Waals surface area contributed by atoms with Crippen LogP contribution in [0.2, 0.25) is 0 Å². The molecule has 0 aliphatic carbocycles. The Bertz CT molecular complexity index is 511. The summed E-state index contributed by atoms with van der Waals surface area (Å²) < 4.78 is 28.3. The minimum Gasteiger partial charge on any atom is -0.349 e. The van der Waals surface area contributed by atoms with Gasteiger partial charge < -0.3 is 4.57 Å². The van der Waals surface area contributed by atoms with Crippen molar-refractivity contribution in [2.45, 2.75) is 56.9 Å². The third kappa shape index (κ3) is 4.24. The zero-order chi connectivity index (χ0) is 15.2. The molecule has 0 aliphatic heterocycles. The van der Waals surface area contributed by atoms with Crippen LogP contribution in [0.25, 0.3) is 0 Å². The number of halogens is 1. The molecule has 0 aromatic carbocycles. The van der Waals surface area contributed by atoms with Crippen LogP contribution in [-0.2, 0) is 22.4 Å². The van der Waals surface area contributed by atoms with Crippen LogP contribution in [0.1, 0.15) is 45.2 Å². The second-order valence-corrected chi connectivity index (χ2v) is 7.34. The molecule has 0 amide bonds. The van der Waals surface area contributed by atoms with Gasteiger partial charge in [-0.1, -0.05) is 26.7 Å². The molecule has 6 heteroatoms. The minimum absolute atomic E-state index is 0.328. The summed E-state index contributed by atoms with van der Waals surface area (Å²) in [6.07, 6.45) is 5.67. The van der Waals surface area contributed by atoms with E-state index in [4.69, 9.17) is 11.6 Å². The lowest BCUT2D eigenvalue weighted by Gasteiger charge is -2.15. The molecule has 1 aromatic heterocycles. The maximum absolute atomic E-state index is 12.5. The summed E-state index contributed by atoms with van der Waals surface area (Å²) in [5, 5.41) is 0. The summed E-state index contributed by atoms with van der Waals surface area (Å²) in [5.74, 6) is 0.328. The van der Waals surface area contributed by atoms with E-state index in [-0.39, 0.29) is 0 Å². The lowest BCUT2D eigenvalue weighted by atomic mass is 10.2. The largest absolute Gasteiger partial charge is 0.349 e. The van der Waals surface area contributed by atoms with E-state index >= 15 is 0 Å². The van der Waals surface area contributed by atoms with E-state index in [1.165, 1.54) is 4.31 Å². The number of aromatic nitrogens is 1. The van der Waals surface area contributed by atoms with Crippen molar-refractivity contribution in [1.82, 2.24) is 8.87 Å². The van der Waals surface area contributed by atoms with Crippen LogP contribution in [0.15, 0.2) is 17.2 Å². The van der Waals surface area contributed by atoms with Gasteiger partial charge in [-0.15, -0.1) is 11.6 Å². The highest BCUT2D eigenvalue weighted by Gasteiger charge is 2.22. The fourth-order valence-corrected chi connectivity index (χ4v) is 3.62. The lowest BCUT2D eigenvalue weighted by Crippen LogP contribution is -2.27. The predicted octanol–water partition coefficient (Wildman–Crippen LogP) is 3.45. The van der Waals surface area contributed by atoms with Gasteiger partial charge >= 0.3 is 0 Å². The maximum Gasteiger partial charge on any atom is 0.244 e. The van der Waals surface area contributed by atoms with Crippen molar-refractivity contribution >= 4 is 21.6 Å². The standard InChI is InChI=1S/C14H25ClN2O2S/c1-4-6-7-9-16(3)20(18,19)14-10-13(11-15)17(12-14)8-5-2/h10,12H,4-9,11H2,1-3H3. The fourth-order valence-electron chi connectivity index (χ4n) is 2.11. The molecule has 116 valence electrons. The van der Waals surface area contributed by atoms with Crippen molar-refractivity contribution in [2.24, 2.45) is 0 Å². The molecule has 1 rings (SSSR count). The summed E-state index contributed by atoms with van der Waals surface area (Å²) in [6, 6.07) is 1.69. The number of hydrogen-bond acceptors (Lipinski definition) is 2. The molecule has 1 heterocycles. The number of unbranched alkanes of at least 4 members (excludes halogenated alkanes) is 2. The Labute approximate surface area is 127 Å². The minimum atomic E-state index is -3.40. The molecule has 20 heavy (non-hydrogen) atoms. The van der Waals surface area contributed by atoms with Crippen LogP contribution in [0.3, 0.4) is 0 Å². The van der Waals surface area contributed by atoms with Gasteiger partial charge in [-0.3, -0.25) is 0 Å². The van der Waals surface area contributed by atoms with Crippen molar-refractivity contribution in [2.75, 3.05) is 13.6 Å². The highest BCUT2D eigenvalue weighted by Crippen LogP contribution is 2.20. The number of rotatable bonds is 9. The quantitative estimate of drug-likeness (QED) is 0.516. The third-order valence-electron chi connectivity index (χ3n) is 3.35. The summed E-state index contributed by atoms with van der Waals surface area (Å²) in [4.78, 5) is 0.348. The van der Waals surface area contributed by atoms with E-state index in [0.717, 1.165) is 37.9 Å². The first-order chi connectivity index (χ1) is 9.47. The SMILES string of the molecule is CCCCCN(C)S(=O)(=O)c1cc(CCl)n(CCC)c1. The second-order valence-electron chi connectivity index (χ2n) is 5.03. The zero-order valence-electron chi connectivity index (χ0n) is 12.6. The molecule has 0 atom stereocenters. The van der Waals surface area contributed by atoms with E-state index < -0.39 is 10.0 Å². The van der Waals surface area contributed by atoms with E-state index in [1.54, 1.807) is 19.3 Å². The van der Waals surface area contributed by atoms with Crippen molar-refractivity contribution in [3.63, 3.8) is 0 Å². The average Bonchev–Trinajstić information content (AvgIpc) is 2.83. The molecule has 0 saturated carbocycles. The van der Waals surface area contributed by atoms with E-state index in [9.17, 15) is 8.42 Å². The molecular formula is C14H25ClN2O2S. The molecule has 0 radical (unpaired) electrons. The Hall–Kier alpha value is -0.520. The topological polar surface area (TPSA) is 42.3 Å². The van der Waals surface area contributed by atoms with Gasteiger partial charge in [-0.05, 0) is 18.9 Å². The highest BCUT2D eigenvalue weighted by molar-refractivity contribution is 7.89. The molecule has 0 bridgehead atoms. The van der Waals surface area contributed by atoms with Crippen LogP contribution >= 0.6 is 11.6 Å². The first-order valence-electron chi connectivity index (χ1n) is 7.18. The number of aryl methyl sites for hydroxylation is 1. The lowest BCUT2D eigenvalue weighted by molar-refractivity contribution is 0.454. The molecule has 0 unspecified atom stereocenters. The summed E-state index contributed by atoms with van der Waals surface area (Å²) >= 11 is 5.88. The van der Waals surface area contributed by atoms with Gasteiger partial charge in [0, 0.05) is 32.0 Å². The number of alkyl halides is 1. The molecule has 0 spiro atoms. The van der Waals surface area contributed by atoms with Gasteiger partial charge in [0.05, 0.1) is 5.88 Å². The van der Waals surface area contributed by atoms with Crippen LogP contribution in [0.5, 0.6) is 0 Å². The number of nitrogens with zero attached hydrogens (tertiary/aromatic N) is 2. The van der Waals surface area contributed by atoms with Gasteiger partial charge in [0.25, 0.3) is 0 Å². The Morgan fingerprint density at radius 2 is 1.95 bits per heavy atom. The smallest absolute Gasteiger partial charge is 0.244 e. The molecule has 0 aliphatic rings. The van der Waals surface area contributed by atoms with Gasteiger partial charge in [0.1, 0.15) is 4.90 Å². The van der Waals surface area contributed by atoms with Gasteiger partial charge in [0.15, 0.2) is 0 Å². The molecule has 0 fully saturated rings. The first kappa shape index (κ1) is 17.5. The second kappa shape index (κ2) is 8.05. The van der Waals surface area contributed by atoms with Crippen molar-refractivity contribution in [1.29, 1.82) is 0 Å². The van der Waals surface area contributed by atoms with Crippen LogP contribution in [0, 0.1) is 0 Å². The number of sulfonamides is 1. The average molecular weight is 321 g/mol. The van der Waals surface area contributed by atoms with Gasteiger partial charge in [0.2, 0.25) is 10.0 Å². The summed E-state index contributed by atoms with van der Waals surface area (Å²) in [6.45, 7) is 5.51. The third-order valence-corrected chi connectivity index (χ3v) is 5.44. The molecular weight excluding hydrogens is 296 g/mol. The van der Waals surface area contributed by atoms with Gasteiger partial charge in [-0.2, -0.15) is 0 Å². The van der Waals surface area contributed by atoms with Crippen molar-refractivity contribution in [3.05, 3.63) is 18.0 Å². The van der Waals surface area contributed by atoms with Crippen LogP contribution < -0.4 is 0 Å². The zero-order valence-corrected chi connectivity index (χ0v) is 14.2. The highest BCUT2D eigenvalue weighted by atomic mass is 35.5. The Morgan fingerprint density at radius 3 is 2.50 bits per heavy atom. The van der Waals surface area contributed by atoms with E-state index in [1.807, 2.05) is 4.57 Å². The van der Waals surface area contributed by atoms with Crippen molar-refractivity contribution < 1.29 is 8.42 Å². The van der Waals surface area contributed by atoms with Crippen LogP contribution in [-0.4, -0.2) is 30.9 Å². The van der Waals surface area contributed by atoms with E-state index in [0.29, 0.717) is 17.3 Å². The Kier molecular flexibility index (Phi) is 7.06. The first-order valence-corrected chi connectivity index (χ1v) is 9.16. The van der Waals surface area contributed by atoms with E-state index in [2.05, 4.69) is 13.8 Å². The fraction of sp³-hybridized carbons (Fsp3) is 0.714. The Balaban J connectivity index is 2.91. The monoisotopic (exact) mass is 320 g/mol. The molecule has 0 saturated heterocycles. The molecule has 0 N–H and O–H groups in total. The summed E-state index contributed by atoms with van der Waals surface area (Å²) in [5.41, 5.74) is 0.856. The molecule has 1 aromatic rings. The van der Waals surface area contributed by atoms with Gasteiger partial charge in [-0.25, -0.2) is 12.7 Å².